The summed E-state index contributed by atoms with van der Waals surface area (Å²) in [6.07, 6.45) is 3.26. The van der Waals surface area contributed by atoms with Gasteiger partial charge in [0.25, 0.3) is 0 Å². The van der Waals surface area contributed by atoms with Crippen molar-refractivity contribution >= 4 is 27.2 Å². The third kappa shape index (κ3) is 2.27. The predicted octanol–water partition coefficient (Wildman–Crippen LogP) is 3.97. The van der Waals surface area contributed by atoms with Crippen molar-refractivity contribution < 1.29 is 9.18 Å². The number of fused-ring (bicyclic) bond motifs is 1. The summed E-state index contributed by atoms with van der Waals surface area (Å²) < 4.78 is 13.9. The number of benzene rings is 1. The molecule has 0 atom stereocenters. The first kappa shape index (κ1) is 12.0. The number of hydrogen-bond acceptors (Lipinski definition) is 3. The van der Waals surface area contributed by atoms with Gasteiger partial charge >= 0.3 is 0 Å². The van der Waals surface area contributed by atoms with E-state index < -0.39 is 0 Å². The zero-order valence-corrected chi connectivity index (χ0v) is 11.0. The van der Waals surface area contributed by atoms with Gasteiger partial charge in [-0.2, -0.15) is 0 Å². The van der Waals surface area contributed by atoms with Crippen LogP contribution in [-0.4, -0.2) is 10.8 Å². The van der Waals surface area contributed by atoms with Gasteiger partial charge in [0.15, 0.2) is 0 Å². The van der Waals surface area contributed by atoms with Crippen LogP contribution in [0.15, 0.2) is 42.7 Å². The Morgan fingerprint density at radius 3 is 2.84 bits per heavy atom. The number of carbonyl (C=O) groups excluding carboxylic acids is 1. The van der Waals surface area contributed by atoms with Crippen molar-refractivity contribution in [1.29, 1.82) is 0 Å². The first-order valence-electron chi connectivity index (χ1n) is 5.79. The van der Waals surface area contributed by atoms with Crippen molar-refractivity contribution in [2.24, 2.45) is 0 Å². The molecule has 0 N–H and O–H groups in total. The lowest BCUT2D eigenvalue weighted by Gasteiger charge is -1.98. The average Bonchev–Trinajstić information content (AvgIpc) is 2.80. The predicted molar refractivity (Wildman–Crippen MR) is 74.2 cm³/mol. The monoisotopic (exact) mass is 271 g/mol. The molecule has 2 heterocycles. The first-order valence-corrected chi connectivity index (χ1v) is 6.60. The first-order chi connectivity index (χ1) is 9.13. The van der Waals surface area contributed by atoms with Gasteiger partial charge in [-0.1, -0.05) is 6.07 Å². The Labute approximate surface area is 113 Å². The zero-order chi connectivity index (χ0) is 13.4. The Morgan fingerprint density at radius 2 is 2.05 bits per heavy atom. The van der Waals surface area contributed by atoms with Gasteiger partial charge in [0.1, 0.15) is 5.82 Å². The summed E-state index contributed by atoms with van der Waals surface area (Å²) >= 11 is 1.30. The van der Waals surface area contributed by atoms with Gasteiger partial charge in [-0.25, -0.2) is 4.39 Å². The lowest BCUT2D eigenvalue weighted by molar-refractivity contribution is 0.104. The highest BCUT2D eigenvalue weighted by Gasteiger charge is 2.13. The third-order valence-electron chi connectivity index (χ3n) is 2.84. The van der Waals surface area contributed by atoms with E-state index in [4.69, 9.17) is 0 Å². The highest BCUT2D eigenvalue weighted by molar-refractivity contribution is 7.21. The highest BCUT2D eigenvalue weighted by atomic mass is 32.1. The molecule has 2 nitrogen and oxygen atoms in total. The van der Waals surface area contributed by atoms with Crippen LogP contribution in [0.5, 0.6) is 0 Å². The van der Waals surface area contributed by atoms with Crippen molar-refractivity contribution in [2.75, 3.05) is 0 Å². The molecule has 0 saturated heterocycles. The molecule has 0 saturated carbocycles. The molecule has 94 valence electrons. The van der Waals surface area contributed by atoms with Gasteiger partial charge in [-0.05, 0) is 42.1 Å². The molecule has 0 aliphatic rings. The molecule has 0 bridgehead atoms. The summed E-state index contributed by atoms with van der Waals surface area (Å²) in [5.74, 6) is -0.358. The normalized spacial score (nSPS) is 10.8. The van der Waals surface area contributed by atoms with Crippen molar-refractivity contribution in [3.8, 4) is 0 Å². The molecule has 0 spiro atoms. The zero-order valence-electron chi connectivity index (χ0n) is 10.2. The van der Waals surface area contributed by atoms with Crippen LogP contribution in [0.3, 0.4) is 0 Å². The number of thiophene rings is 1. The minimum absolute atomic E-state index is 0.0715. The summed E-state index contributed by atoms with van der Waals surface area (Å²) in [5.41, 5.74) is 1.50. The van der Waals surface area contributed by atoms with E-state index >= 15 is 0 Å². The summed E-state index contributed by atoms with van der Waals surface area (Å²) in [6.45, 7) is 1.89. The summed E-state index contributed by atoms with van der Waals surface area (Å²) in [6, 6.07) is 8.14. The average molecular weight is 271 g/mol. The molecule has 0 unspecified atom stereocenters. The lowest BCUT2D eigenvalue weighted by atomic mass is 10.1. The quantitative estimate of drug-likeness (QED) is 0.660. The van der Waals surface area contributed by atoms with E-state index in [1.165, 1.54) is 23.5 Å². The summed E-state index contributed by atoms with van der Waals surface area (Å²) in [7, 11) is 0. The second kappa shape index (κ2) is 4.55. The molecule has 0 amide bonds. The van der Waals surface area contributed by atoms with Crippen LogP contribution in [-0.2, 0) is 0 Å². The maximum Gasteiger partial charge on any atom is 0.204 e. The Hall–Kier alpha value is -2.07. The lowest BCUT2D eigenvalue weighted by Crippen LogP contribution is -1.99. The molecule has 0 radical (unpaired) electrons. The molecule has 1 aromatic carbocycles. The van der Waals surface area contributed by atoms with Gasteiger partial charge in [0.2, 0.25) is 5.78 Å². The van der Waals surface area contributed by atoms with Gasteiger partial charge in [0.05, 0.1) is 4.88 Å². The van der Waals surface area contributed by atoms with Crippen LogP contribution in [0.2, 0.25) is 0 Å². The number of pyridine rings is 1. The minimum atomic E-state index is -0.287. The van der Waals surface area contributed by atoms with Crippen LogP contribution >= 0.6 is 11.3 Å². The SMILES string of the molecule is Cc1cncc(C(=O)c2cc3ccc(F)cc3s2)c1. The largest absolute Gasteiger partial charge is 0.288 e. The molecular weight excluding hydrogens is 261 g/mol. The number of rotatable bonds is 2. The van der Waals surface area contributed by atoms with Crippen molar-refractivity contribution in [3.63, 3.8) is 0 Å². The third-order valence-corrected chi connectivity index (χ3v) is 3.94. The molecular formula is C15H10FNOS. The molecule has 19 heavy (non-hydrogen) atoms. The Kier molecular flexibility index (Phi) is 2.87. The molecule has 2 aromatic heterocycles. The molecule has 3 aromatic rings. The molecule has 3 rings (SSSR count). The number of ketones is 1. The van der Waals surface area contributed by atoms with E-state index in [0.29, 0.717) is 10.4 Å². The van der Waals surface area contributed by atoms with Crippen LogP contribution < -0.4 is 0 Å². The van der Waals surface area contributed by atoms with Crippen molar-refractivity contribution in [1.82, 2.24) is 4.98 Å². The summed E-state index contributed by atoms with van der Waals surface area (Å²) in [4.78, 5) is 17.0. The number of aryl methyl sites for hydroxylation is 1. The number of aromatic nitrogens is 1. The number of carbonyl (C=O) groups is 1. The van der Waals surface area contributed by atoms with E-state index in [0.717, 1.165) is 15.6 Å². The molecule has 0 aliphatic heterocycles. The molecule has 0 aliphatic carbocycles. The number of halogens is 1. The van der Waals surface area contributed by atoms with Crippen molar-refractivity contribution in [2.45, 2.75) is 6.92 Å². The maximum atomic E-state index is 13.1. The van der Waals surface area contributed by atoms with Crippen LogP contribution in [0, 0.1) is 12.7 Å². The van der Waals surface area contributed by atoms with E-state index in [1.807, 2.05) is 6.92 Å². The van der Waals surface area contributed by atoms with Crippen LogP contribution in [0.4, 0.5) is 4.39 Å². The van der Waals surface area contributed by atoms with Gasteiger partial charge in [-0.15, -0.1) is 11.3 Å². The van der Waals surface area contributed by atoms with E-state index in [9.17, 15) is 9.18 Å². The fourth-order valence-electron chi connectivity index (χ4n) is 1.94. The topological polar surface area (TPSA) is 30.0 Å². The standard InChI is InChI=1S/C15H10FNOS/c1-9-4-11(8-17-7-9)15(18)14-5-10-2-3-12(16)6-13(10)19-14/h2-8H,1H3. The minimum Gasteiger partial charge on any atom is -0.288 e. The second-order valence-electron chi connectivity index (χ2n) is 4.37. The Morgan fingerprint density at radius 1 is 1.21 bits per heavy atom. The van der Waals surface area contributed by atoms with Crippen LogP contribution in [0.1, 0.15) is 20.8 Å². The van der Waals surface area contributed by atoms with E-state index in [2.05, 4.69) is 4.98 Å². The van der Waals surface area contributed by atoms with Crippen molar-refractivity contribution in [3.05, 3.63) is 64.5 Å². The van der Waals surface area contributed by atoms with E-state index in [-0.39, 0.29) is 11.6 Å². The van der Waals surface area contributed by atoms with Crippen LogP contribution in [0.25, 0.3) is 10.1 Å². The van der Waals surface area contributed by atoms with Gasteiger partial charge in [-0.3, -0.25) is 9.78 Å². The fourth-order valence-corrected chi connectivity index (χ4v) is 2.99. The van der Waals surface area contributed by atoms with Gasteiger partial charge < -0.3 is 0 Å². The van der Waals surface area contributed by atoms with E-state index in [1.54, 1.807) is 30.6 Å². The Balaban J connectivity index is 2.06. The number of nitrogens with zero attached hydrogens (tertiary/aromatic N) is 1. The molecule has 4 heteroatoms. The number of hydrogen-bond donors (Lipinski definition) is 0. The molecule has 0 fully saturated rings. The summed E-state index contributed by atoms with van der Waals surface area (Å²) in [5, 5.41) is 0.885. The highest BCUT2D eigenvalue weighted by Crippen LogP contribution is 2.28. The Bertz CT molecular complexity index is 779. The fraction of sp³-hybridized carbons (Fsp3) is 0.0667. The smallest absolute Gasteiger partial charge is 0.204 e. The maximum absolute atomic E-state index is 13.1. The van der Waals surface area contributed by atoms with Gasteiger partial charge in [0, 0.05) is 22.7 Å². The second-order valence-corrected chi connectivity index (χ2v) is 5.46.